The number of benzene rings is 3. The maximum Gasteiger partial charge on any atom is 0.0209 e. The standard InChI is InChI=1S/C25H23I/c1-25(2)16-8-4-3-5-9-18-12-13-19(17-23(18)25)20-14-15-24(26)22-11-7-6-10-21(20)22/h3-8,10-15,17H,9,16H2,1-2H3/b5-3-,8-4-. The Kier molecular flexibility index (Phi) is 4.74. The summed E-state index contributed by atoms with van der Waals surface area (Å²) >= 11 is 2.43. The van der Waals surface area contributed by atoms with Gasteiger partial charge in [-0.05, 0) is 79.9 Å². The van der Waals surface area contributed by atoms with Crippen molar-refractivity contribution in [3.63, 3.8) is 0 Å². The highest BCUT2D eigenvalue weighted by atomic mass is 127. The second-order valence-corrected chi connectivity index (χ2v) is 8.82. The third kappa shape index (κ3) is 3.25. The van der Waals surface area contributed by atoms with Crippen LogP contribution in [0, 0.1) is 3.57 Å². The summed E-state index contributed by atoms with van der Waals surface area (Å²) in [5.74, 6) is 0. The first-order chi connectivity index (χ1) is 12.6. The van der Waals surface area contributed by atoms with Crippen molar-refractivity contribution >= 4 is 33.4 Å². The van der Waals surface area contributed by atoms with Gasteiger partial charge in [-0.3, -0.25) is 0 Å². The van der Waals surface area contributed by atoms with Crippen molar-refractivity contribution in [3.8, 4) is 11.1 Å². The quantitative estimate of drug-likeness (QED) is 0.338. The van der Waals surface area contributed by atoms with E-state index in [4.69, 9.17) is 0 Å². The first-order valence-corrected chi connectivity index (χ1v) is 10.3. The van der Waals surface area contributed by atoms with Gasteiger partial charge in [0.25, 0.3) is 0 Å². The largest absolute Gasteiger partial charge is 0.0837 e. The first kappa shape index (κ1) is 17.5. The van der Waals surface area contributed by atoms with Crippen LogP contribution in [0.1, 0.15) is 31.4 Å². The molecule has 0 saturated carbocycles. The van der Waals surface area contributed by atoms with Crippen LogP contribution in [-0.2, 0) is 11.8 Å². The van der Waals surface area contributed by atoms with Crippen molar-refractivity contribution in [1.82, 2.24) is 0 Å². The van der Waals surface area contributed by atoms with Gasteiger partial charge in [-0.2, -0.15) is 0 Å². The van der Waals surface area contributed by atoms with Crippen molar-refractivity contribution in [2.24, 2.45) is 0 Å². The van der Waals surface area contributed by atoms with E-state index in [1.807, 2.05) is 0 Å². The molecule has 0 heterocycles. The van der Waals surface area contributed by atoms with Gasteiger partial charge < -0.3 is 0 Å². The van der Waals surface area contributed by atoms with Crippen molar-refractivity contribution in [3.05, 3.63) is 93.6 Å². The predicted octanol–water partition coefficient (Wildman–Crippen LogP) is 7.45. The maximum atomic E-state index is 2.43. The molecule has 0 radical (unpaired) electrons. The lowest BCUT2D eigenvalue weighted by molar-refractivity contribution is 0.530. The van der Waals surface area contributed by atoms with E-state index < -0.39 is 0 Å². The van der Waals surface area contributed by atoms with Crippen LogP contribution in [0.4, 0.5) is 0 Å². The minimum atomic E-state index is 0.132. The highest BCUT2D eigenvalue weighted by Gasteiger charge is 2.23. The molecular formula is C25H23I. The molecule has 26 heavy (non-hydrogen) atoms. The molecular weight excluding hydrogens is 427 g/mol. The van der Waals surface area contributed by atoms with Crippen LogP contribution in [0.15, 0.2) is 78.9 Å². The van der Waals surface area contributed by atoms with Gasteiger partial charge >= 0.3 is 0 Å². The zero-order chi connectivity index (χ0) is 18.1. The van der Waals surface area contributed by atoms with Gasteiger partial charge in [0.15, 0.2) is 0 Å². The van der Waals surface area contributed by atoms with E-state index in [9.17, 15) is 0 Å². The summed E-state index contributed by atoms with van der Waals surface area (Å²) in [6.07, 6.45) is 11.0. The molecule has 1 aliphatic carbocycles. The molecule has 0 unspecified atom stereocenters. The Morgan fingerprint density at radius 2 is 1.62 bits per heavy atom. The van der Waals surface area contributed by atoms with Crippen LogP contribution in [0.5, 0.6) is 0 Å². The topological polar surface area (TPSA) is 0 Å². The Labute approximate surface area is 169 Å². The molecule has 0 N–H and O–H groups in total. The number of hydrogen-bond donors (Lipinski definition) is 0. The summed E-state index contributed by atoms with van der Waals surface area (Å²) in [4.78, 5) is 0. The minimum Gasteiger partial charge on any atom is -0.0837 e. The van der Waals surface area contributed by atoms with Crippen molar-refractivity contribution in [1.29, 1.82) is 0 Å². The molecule has 130 valence electrons. The van der Waals surface area contributed by atoms with Gasteiger partial charge in [0.2, 0.25) is 0 Å². The third-order valence-electron chi connectivity index (χ3n) is 5.37. The molecule has 0 saturated heterocycles. The van der Waals surface area contributed by atoms with Crippen molar-refractivity contribution in [2.75, 3.05) is 0 Å². The van der Waals surface area contributed by atoms with Crippen LogP contribution in [0.3, 0.4) is 0 Å². The number of halogens is 1. The second-order valence-electron chi connectivity index (χ2n) is 7.66. The van der Waals surface area contributed by atoms with E-state index in [2.05, 4.69) is 115 Å². The molecule has 0 amide bonds. The van der Waals surface area contributed by atoms with Crippen LogP contribution in [0.25, 0.3) is 21.9 Å². The Hall–Kier alpha value is -1.87. The minimum absolute atomic E-state index is 0.132. The number of hydrogen-bond acceptors (Lipinski definition) is 0. The Bertz CT molecular complexity index is 1020. The van der Waals surface area contributed by atoms with E-state index in [0.717, 1.165) is 12.8 Å². The second kappa shape index (κ2) is 7.03. The number of rotatable bonds is 1. The predicted molar refractivity (Wildman–Crippen MR) is 122 cm³/mol. The monoisotopic (exact) mass is 450 g/mol. The fraction of sp³-hybridized carbons (Fsp3) is 0.200. The average molecular weight is 450 g/mol. The molecule has 4 rings (SSSR count). The van der Waals surface area contributed by atoms with Crippen LogP contribution < -0.4 is 0 Å². The van der Waals surface area contributed by atoms with Gasteiger partial charge in [0, 0.05) is 3.57 Å². The third-order valence-corrected chi connectivity index (χ3v) is 6.31. The highest BCUT2D eigenvalue weighted by molar-refractivity contribution is 14.1. The summed E-state index contributed by atoms with van der Waals surface area (Å²) in [7, 11) is 0. The lowest BCUT2D eigenvalue weighted by atomic mass is 9.77. The van der Waals surface area contributed by atoms with Gasteiger partial charge in [0.1, 0.15) is 0 Å². The van der Waals surface area contributed by atoms with E-state index >= 15 is 0 Å². The van der Waals surface area contributed by atoms with Gasteiger partial charge in [-0.25, -0.2) is 0 Å². The van der Waals surface area contributed by atoms with Crippen LogP contribution >= 0.6 is 22.6 Å². The molecule has 0 aromatic heterocycles. The zero-order valence-electron chi connectivity index (χ0n) is 15.3. The summed E-state index contributed by atoms with van der Waals surface area (Å²) in [6, 6.07) is 20.3. The Balaban J connectivity index is 1.92. The molecule has 3 aromatic carbocycles. The van der Waals surface area contributed by atoms with Crippen molar-refractivity contribution < 1.29 is 0 Å². The summed E-state index contributed by atoms with van der Waals surface area (Å²) in [6.45, 7) is 4.72. The molecule has 0 atom stereocenters. The fourth-order valence-electron chi connectivity index (χ4n) is 3.89. The molecule has 1 aliphatic rings. The molecule has 1 heteroatoms. The maximum absolute atomic E-state index is 2.43. The highest BCUT2D eigenvalue weighted by Crippen LogP contribution is 2.37. The first-order valence-electron chi connectivity index (χ1n) is 9.19. The van der Waals surface area contributed by atoms with Crippen molar-refractivity contribution in [2.45, 2.75) is 32.1 Å². The van der Waals surface area contributed by atoms with E-state index in [-0.39, 0.29) is 5.41 Å². The molecule has 0 bridgehead atoms. The van der Waals surface area contributed by atoms with Crippen LogP contribution in [0.2, 0.25) is 0 Å². The van der Waals surface area contributed by atoms with E-state index in [0.29, 0.717) is 0 Å². The van der Waals surface area contributed by atoms with Gasteiger partial charge in [-0.1, -0.05) is 86.7 Å². The lowest BCUT2D eigenvalue weighted by Crippen LogP contribution is -2.18. The number of allylic oxidation sites excluding steroid dienone is 4. The molecule has 0 spiro atoms. The smallest absolute Gasteiger partial charge is 0.0209 e. The Morgan fingerprint density at radius 3 is 2.46 bits per heavy atom. The molecule has 0 aliphatic heterocycles. The average Bonchev–Trinajstić information content (AvgIpc) is 2.71. The fourth-order valence-corrected chi connectivity index (χ4v) is 4.54. The lowest BCUT2D eigenvalue weighted by Gasteiger charge is -2.27. The van der Waals surface area contributed by atoms with Gasteiger partial charge in [-0.15, -0.1) is 0 Å². The van der Waals surface area contributed by atoms with Crippen LogP contribution in [-0.4, -0.2) is 0 Å². The van der Waals surface area contributed by atoms with E-state index in [1.165, 1.54) is 36.6 Å². The summed E-state index contributed by atoms with van der Waals surface area (Å²) < 4.78 is 1.31. The zero-order valence-corrected chi connectivity index (χ0v) is 17.5. The summed E-state index contributed by atoms with van der Waals surface area (Å²) in [5.41, 5.74) is 5.68. The molecule has 0 fully saturated rings. The van der Waals surface area contributed by atoms with E-state index in [1.54, 1.807) is 0 Å². The molecule has 0 nitrogen and oxygen atoms in total. The molecule has 3 aromatic rings. The Morgan fingerprint density at radius 1 is 0.846 bits per heavy atom. The van der Waals surface area contributed by atoms with Gasteiger partial charge in [0.05, 0.1) is 0 Å². The SMILES string of the molecule is CC1(C)C/C=C\C=C/Cc2ccc(-c3ccc(I)c4ccccc34)cc21. The number of fused-ring (bicyclic) bond motifs is 2. The summed E-state index contributed by atoms with van der Waals surface area (Å²) in [5, 5.41) is 2.67. The normalized spacial score (nSPS) is 18.4.